The first-order valence-corrected chi connectivity index (χ1v) is 16.0. The Kier molecular flexibility index (Phi) is 33.9. The highest BCUT2D eigenvalue weighted by Crippen LogP contribution is 2.14. The second-order valence-electron chi connectivity index (χ2n) is 10.9. The summed E-state index contributed by atoms with van der Waals surface area (Å²) in [6.45, 7) is 2.28. The molecule has 0 radical (unpaired) electrons. The summed E-state index contributed by atoms with van der Waals surface area (Å²) in [6.07, 6.45) is 31.0. The van der Waals surface area contributed by atoms with Gasteiger partial charge in [-0.25, -0.2) is 0 Å². The first kappa shape index (κ1) is 38.6. The number of rotatable bonds is 29. The first-order chi connectivity index (χ1) is 18.4. The monoisotopic (exact) mass is 539 g/mol. The Labute approximate surface area is 234 Å². The molecule has 0 aromatic heterocycles. The van der Waals surface area contributed by atoms with Crippen LogP contribution >= 0.6 is 0 Å². The Hall–Kier alpha value is -1.59. The van der Waals surface area contributed by atoms with Crippen LogP contribution in [0.1, 0.15) is 187 Å². The van der Waals surface area contributed by atoms with Crippen molar-refractivity contribution in [2.75, 3.05) is 0 Å². The zero-order valence-corrected chi connectivity index (χ0v) is 24.7. The van der Waals surface area contributed by atoms with E-state index in [1.54, 1.807) is 0 Å². The lowest BCUT2D eigenvalue weighted by molar-refractivity contribution is -0.307. The quantitative estimate of drug-likeness (QED) is 0.105. The van der Waals surface area contributed by atoms with Gasteiger partial charge in [0, 0.05) is 17.9 Å². The van der Waals surface area contributed by atoms with Crippen LogP contribution in [0.25, 0.3) is 0 Å². The van der Waals surface area contributed by atoms with Crippen LogP contribution in [0.15, 0.2) is 0 Å². The molecule has 0 bridgehead atoms. The van der Waals surface area contributed by atoms with Crippen molar-refractivity contribution in [3.63, 3.8) is 0 Å². The third-order valence-electron chi connectivity index (χ3n) is 7.00. The molecule has 0 N–H and O–H groups in total. The minimum Gasteiger partial charge on any atom is -0.550 e. The number of hydrogen-bond acceptors (Lipinski definition) is 6. The average Bonchev–Trinajstić information content (AvgIpc) is 2.87. The number of carbonyl (C=O) groups excluding carboxylic acids is 3. The van der Waals surface area contributed by atoms with E-state index in [1.165, 1.54) is 109 Å². The van der Waals surface area contributed by atoms with Gasteiger partial charge in [-0.15, -0.1) is 0 Å². The molecule has 0 saturated carbocycles. The van der Waals surface area contributed by atoms with Gasteiger partial charge in [0.15, 0.2) is 0 Å². The van der Waals surface area contributed by atoms with Crippen LogP contribution in [0.4, 0.5) is 0 Å². The van der Waals surface area contributed by atoms with Crippen molar-refractivity contribution in [2.24, 2.45) is 0 Å². The van der Waals surface area contributed by atoms with Crippen LogP contribution in [0, 0.1) is 0 Å². The van der Waals surface area contributed by atoms with Crippen LogP contribution in [-0.2, 0) is 14.4 Å². The molecule has 6 heteroatoms. The van der Waals surface area contributed by atoms with E-state index in [1.807, 2.05) is 0 Å². The zero-order chi connectivity index (χ0) is 28.5. The van der Waals surface area contributed by atoms with E-state index in [0.29, 0.717) is 12.8 Å². The average molecular weight is 540 g/mol. The first-order valence-electron chi connectivity index (χ1n) is 16.0. The number of aliphatic carboxylic acids is 3. The lowest BCUT2D eigenvalue weighted by Gasteiger charge is -2.04. The summed E-state index contributed by atoms with van der Waals surface area (Å²) < 4.78 is 0. The van der Waals surface area contributed by atoms with Crippen LogP contribution in [0.2, 0.25) is 0 Å². The van der Waals surface area contributed by atoms with Crippen molar-refractivity contribution in [1.29, 1.82) is 0 Å². The van der Waals surface area contributed by atoms with Crippen molar-refractivity contribution in [1.82, 2.24) is 0 Å². The third kappa shape index (κ3) is 41.5. The van der Waals surface area contributed by atoms with Gasteiger partial charge in [0.2, 0.25) is 0 Å². The summed E-state index contributed by atoms with van der Waals surface area (Å²) in [5.41, 5.74) is 0. The maximum atomic E-state index is 10.3. The van der Waals surface area contributed by atoms with Crippen LogP contribution in [0.5, 0.6) is 0 Å². The Bertz CT molecular complexity index is 500. The van der Waals surface area contributed by atoms with Gasteiger partial charge in [-0.3, -0.25) is 0 Å². The van der Waals surface area contributed by atoms with E-state index in [0.717, 1.165) is 38.5 Å². The number of carboxylic acid groups (broad SMARTS) is 3. The summed E-state index contributed by atoms with van der Waals surface area (Å²) in [5, 5.41) is 30.3. The van der Waals surface area contributed by atoms with Crippen LogP contribution in [0.3, 0.4) is 0 Å². The summed E-state index contributed by atoms with van der Waals surface area (Å²) in [4.78, 5) is 30.3. The van der Waals surface area contributed by atoms with E-state index in [2.05, 4.69) is 6.92 Å². The lowest BCUT2D eigenvalue weighted by Crippen LogP contribution is -2.21. The number of hydrogen-bond donors (Lipinski definition) is 0. The van der Waals surface area contributed by atoms with Gasteiger partial charge in [0.05, 0.1) is 0 Å². The maximum absolute atomic E-state index is 10.3. The molecule has 38 heavy (non-hydrogen) atoms. The van der Waals surface area contributed by atoms with Crippen LogP contribution in [-0.4, -0.2) is 17.9 Å². The normalized spacial score (nSPS) is 10.7. The Morgan fingerprint density at radius 2 is 0.474 bits per heavy atom. The Balaban J connectivity index is 0. The molecule has 0 amide bonds. The molecule has 0 atom stereocenters. The van der Waals surface area contributed by atoms with Crippen LogP contribution < -0.4 is 15.3 Å². The Morgan fingerprint density at radius 1 is 0.316 bits per heavy atom. The molecule has 0 aromatic rings. The molecule has 6 nitrogen and oxygen atoms in total. The predicted molar refractivity (Wildman–Crippen MR) is 150 cm³/mol. The smallest absolute Gasteiger partial charge is 0.0414 e. The van der Waals surface area contributed by atoms with Crippen molar-refractivity contribution in [3.8, 4) is 0 Å². The highest BCUT2D eigenvalue weighted by atomic mass is 16.4. The number of carbonyl (C=O) groups is 3. The van der Waals surface area contributed by atoms with Crippen molar-refractivity contribution < 1.29 is 29.7 Å². The van der Waals surface area contributed by atoms with Gasteiger partial charge in [-0.1, -0.05) is 148 Å². The fraction of sp³-hybridized carbons (Fsp3) is 0.906. The molecule has 0 unspecified atom stereocenters. The highest BCUT2D eigenvalue weighted by molar-refractivity contribution is 5.64. The van der Waals surface area contributed by atoms with E-state index in [9.17, 15) is 29.7 Å². The van der Waals surface area contributed by atoms with Gasteiger partial charge in [-0.05, 0) is 38.5 Å². The molecule has 0 aliphatic heterocycles. The summed E-state index contributed by atoms with van der Waals surface area (Å²) >= 11 is 0. The zero-order valence-electron chi connectivity index (χ0n) is 24.7. The van der Waals surface area contributed by atoms with Crippen molar-refractivity contribution in [3.05, 3.63) is 0 Å². The minimum absolute atomic E-state index is 0.124. The SMILES string of the molecule is CCCCCCCCCCCCCCCCCCCCCC(=O)[O-].O=C([O-])CCCCCCCCC(=O)[O-]. The van der Waals surface area contributed by atoms with Gasteiger partial charge >= 0.3 is 0 Å². The van der Waals surface area contributed by atoms with E-state index >= 15 is 0 Å². The molecule has 0 aromatic carbocycles. The fourth-order valence-electron chi connectivity index (χ4n) is 4.59. The summed E-state index contributed by atoms with van der Waals surface area (Å²) in [5.74, 6) is -2.90. The summed E-state index contributed by atoms with van der Waals surface area (Å²) in [7, 11) is 0. The maximum Gasteiger partial charge on any atom is 0.0414 e. The fourth-order valence-corrected chi connectivity index (χ4v) is 4.59. The van der Waals surface area contributed by atoms with Gasteiger partial charge in [-0.2, -0.15) is 0 Å². The van der Waals surface area contributed by atoms with Gasteiger partial charge in [0.1, 0.15) is 0 Å². The number of carboxylic acids is 3. The molecule has 0 fully saturated rings. The predicted octanol–water partition coefficient (Wildman–Crippen LogP) is 6.17. The molecule has 0 aliphatic carbocycles. The van der Waals surface area contributed by atoms with E-state index < -0.39 is 17.9 Å². The molecule has 0 aliphatic rings. The standard InChI is InChI=1S/C22H44O2.C10H18O4/c1-2-3-4-5-6-7-8-9-10-11-12-13-14-15-16-17-18-19-20-21-22(23)24;11-9(12)7-5-3-1-2-4-6-8-10(13)14/h2-21H2,1H3,(H,23,24);1-8H2,(H,11,12)(H,13,14)/p-3. The topological polar surface area (TPSA) is 120 Å². The third-order valence-corrected chi connectivity index (χ3v) is 7.00. The minimum atomic E-state index is -0.998. The second kappa shape index (κ2) is 33.4. The molecule has 0 heterocycles. The van der Waals surface area contributed by atoms with E-state index in [-0.39, 0.29) is 19.3 Å². The molecule has 0 spiro atoms. The highest BCUT2D eigenvalue weighted by Gasteiger charge is 1.96. The van der Waals surface area contributed by atoms with Crippen molar-refractivity contribution >= 4 is 17.9 Å². The van der Waals surface area contributed by atoms with Crippen molar-refractivity contribution in [2.45, 2.75) is 187 Å². The Morgan fingerprint density at radius 3 is 0.632 bits per heavy atom. The molecular formula is C32H59O6-3. The second-order valence-corrected chi connectivity index (χ2v) is 10.9. The molecule has 0 saturated heterocycles. The van der Waals surface area contributed by atoms with E-state index in [4.69, 9.17) is 0 Å². The largest absolute Gasteiger partial charge is 0.550 e. The van der Waals surface area contributed by atoms with Gasteiger partial charge < -0.3 is 29.7 Å². The number of unbranched alkanes of at least 4 members (excludes halogenated alkanes) is 23. The molecule has 226 valence electrons. The summed E-state index contributed by atoms with van der Waals surface area (Å²) in [6, 6.07) is 0. The van der Waals surface area contributed by atoms with Gasteiger partial charge in [0.25, 0.3) is 0 Å². The molecule has 0 rings (SSSR count). The lowest BCUT2D eigenvalue weighted by atomic mass is 10.0. The molecular weight excluding hydrogens is 480 g/mol.